The molecule has 0 saturated carbocycles. The van der Waals surface area contributed by atoms with Crippen molar-refractivity contribution in [1.82, 2.24) is 10.6 Å². The molecule has 2 rings (SSSR count). The molecule has 2 N–H and O–H groups in total. The van der Waals surface area contributed by atoms with E-state index < -0.39 is 0 Å². The van der Waals surface area contributed by atoms with E-state index in [1.165, 1.54) is 12.0 Å². The van der Waals surface area contributed by atoms with Gasteiger partial charge in [0.2, 0.25) is 0 Å². The lowest BCUT2D eigenvalue weighted by Gasteiger charge is -2.20. The van der Waals surface area contributed by atoms with E-state index in [-0.39, 0.29) is 18.1 Å². The molecular formula is C18H28N2O3. The molecule has 1 aromatic carbocycles. The first-order chi connectivity index (χ1) is 10.9. The Labute approximate surface area is 138 Å². The third kappa shape index (κ3) is 7.01. The van der Waals surface area contributed by atoms with Gasteiger partial charge < -0.3 is 20.1 Å². The van der Waals surface area contributed by atoms with Crippen LogP contribution in [0.3, 0.4) is 0 Å². The molecule has 1 aliphatic rings. The molecule has 0 unspecified atom stereocenters. The standard InChI is InChI=1S/C18H28N2O3/c1-18(2,3)20-17(21)13-23-15-8-6-14(7-9-15)11-19-12-16-5-4-10-22-16/h6-9,16,19H,4-5,10-13H2,1-3H3,(H,20,21)/t16-/m1/s1. The van der Waals surface area contributed by atoms with Gasteiger partial charge in [0, 0.05) is 25.2 Å². The normalized spacial score (nSPS) is 18.0. The Kier molecular flexibility index (Phi) is 6.42. The Hall–Kier alpha value is -1.59. The second-order valence-electron chi connectivity index (χ2n) is 7.00. The van der Waals surface area contributed by atoms with Crippen LogP contribution in [-0.4, -0.2) is 37.3 Å². The first-order valence-electron chi connectivity index (χ1n) is 8.27. The zero-order valence-corrected chi connectivity index (χ0v) is 14.4. The topological polar surface area (TPSA) is 59.6 Å². The summed E-state index contributed by atoms with van der Waals surface area (Å²) in [6.45, 7) is 8.47. The molecule has 0 spiro atoms. The summed E-state index contributed by atoms with van der Waals surface area (Å²) in [6, 6.07) is 7.82. The molecule has 0 bridgehead atoms. The molecule has 5 nitrogen and oxygen atoms in total. The fraction of sp³-hybridized carbons (Fsp3) is 0.611. The van der Waals surface area contributed by atoms with Crippen LogP contribution in [0.5, 0.6) is 5.75 Å². The van der Waals surface area contributed by atoms with Gasteiger partial charge >= 0.3 is 0 Å². The molecule has 1 aliphatic heterocycles. The van der Waals surface area contributed by atoms with Gasteiger partial charge in [0.15, 0.2) is 6.61 Å². The lowest BCUT2D eigenvalue weighted by Crippen LogP contribution is -2.43. The molecule has 1 heterocycles. The van der Waals surface area contributed by atoms with Gasteiger partial charge in [-0.3, -0.25) is 4.79 Å². The van der Waals surface area contributed by atoms with E-state index in [0.29, 0.717) is 11.9 Å². The molecule has 5 heteroatoms. The number of amides is 1. The van der Waals surface area contributed by atoms with Gasteiger partial charge in [-0.1, -0.05) is 12.1 Å². The number of ether oxygens (including phenoxy) is 2. The highest BCUT2D eigenvalue weighted by molar-refractivity contribution is 5.78. The van der Waals surface area contributed by atoms with E-state index in [4.69, 9.17) is 9.47 Å². The first-order valence-corrected chi connectivity index (χ1v) is 8.27. The van der Waals surface area contributed by atoms with Crippen molar-refractivity contribution >= 4 is 5.91 Å². The second-order valence-corrected chi connectivity index (χ2v) is 7.00. The van der Waals surface area contributed by atoms with Crippen LogP contribution in [0.2, 0.25) is 0 Å². The summed E-state index contributed by atoms with van der Waals surface area (Å²) in [7, 11) is 0. The maximum atomic E-state index is 11.7. The van der Waals surface area contributed by atoms with Gasteiger partial charge in [0.25, 0.3) is 5.91 Å². The molecule has 1 atom stereocenters. The van der Waals surface area contributed by atoms with E-state index in [0.717, 1.165) is 26.1 Å². The Morgan fingerprint density at radius 1 is 1.30 bits per heavy atom. The summed E-state index contributed by atoms with van der Waals surface area (Å²) in [6.07, 6.45) is 2.68. The Morgan fingerprint density at radius 2 is 2.04 bits per heavy atom. The van der Waals surface area contributed by atoms with Crippen LogP contribution in [0, 0.1) is 0 Å². The zero-order chi connectivity index (χ0) is 16.7. The molecule has 128 valence electrons. The summed E-state index contributed by atoms with van der Waals surface area (Å²) in [5, 5.41) is 6.28. The molecular weight excluding hydrogens is 292 g/mol. The molecule has 0 aliphatic carbocycles. The van der Waals surface area contributed by atoms with Crippen molar-refractivity contribution in [3.63, 3.8) is 0 Å². The zero-order valence-electron chi connectivity index (χ0n) is 14.4. The monoisotopic (exact) mass is 320 g/mol. The summed E-state index contributed by atoms with van der Waals surface area (Å²) in [5.74, 6) is 0.594. The van der Waals surface area contributed by atoms with E-state index in [2.05, 4.69) is 10.6 Å². The van der Waals surface area contributed by atoms with Crippen molar-refractivity contribution in [2.45, 2.75) is 51.8 Å². The highest BCUT2D eigenvalue weighted by atomic mass is 16.5. The number of hydrogen-bond acceptors (Lipinski definition) is 4. The minimum atomic E-state index is -0.237. The van der Waals surface area contributed by atoms with Crippen LogP contribution in [0.4, 0.5) is 0 Å². The second kappa shape index (κ2) is 8.31. The molecule has 0 aromatic heterocycles. The van der Waals surface area contributed by atoms with Crippen LogP contribution in [0.1, 0.15) is 39.2 Å². The fourth-order valence-electron chi connectivity index (χ4n) is 2.49. The van der Waals surface area contributed by atoms with Crippen LogP contribution in [0.15, 0.2) is 24.3 Å². The van der Waals surface area contributed by atoms with Crippen molar-refractivity contribution in [1.29, 1.82) is 0 Å². The molecule has 1 aromatic rings. The lowest BCUT2D eigenvalue weighted by atomic mass is 10.1. The number of rotatable bonds is 7. The summed E-state index contributed by atoms with van der Waals surface area (Å²) in [5.41, 5.74) is 0.952. The molecule has 23 heavy (non-hydrogen) atoms. The van der Waals surface area contributed by atoms with Crippen molar-refractivity contribution in [2.24, 2.45) is 0 Å². The molecule has 1 saturated heterocycles. The molecule has 1 amide bonds. The third-order valence-electron chi connectivity index (χ3n) is 3.53. The summed E-state index contributed by atoms with van der Waals surface area (Å²) in [4.78, 5) is 11.7. The van der Waals surface area contributed by atoms with Gasteiger partial charge in [-0.2, -0.15) is 0 Å². The first kappa shape index (κ1) is 17.8. The van der Waals surface area contributed by atoms with Crippen molar-refractivity contribution in [2.75, 3.05) is 19.8 Å². The fourth-order valence-corrected chi connectivity index (χ4v) is 2.49. The third-order valence-corrected chi connectivity index (χ3v) is 3.53. The predicted molar refractivity (Wildman–Crippen MR) is 90.5 cm³/mol. The number of hydrogen-bond donors (Lipinski definition) is 2. The SMILES string of the molecule is CC(C)(C)NC(=O)COc1ccc(CNC[C@H]2CCCO2)cc1. The smallest absolute Gasteiger partial charge is 0.258 e. The minimum Gasteiger partial charge on any atom is -0.484 e. The van der Waals surface area contributed by atoms with Crippen LogP contribution in [-0.2, 0) is 16.1 Å². The Morgan fingerprint density at radius 3 is 2.65 bits per heavy atom. The average molecular weight is 320 g/mol. The Balaban J connectivity index is 1.68. The van der Waals surface area contributed by atoms with Gasteiger partial charge in [0.05, 0.1) is 6.10 Å². The van der Waals surface area contributed by atoms with Crippen molar-refractivity contribution < 1.29 is 14.3 Å². The van der Waals surface area contributed by atoms with Crippen LogP contribution in [0.25, 0.3) is 0 Å². The van der Waals surface area contributed by atoms with Gasteiger partial charge in [0.1, 0.15) is 5.75 Å². The summed E-state index contributed by atoms with van der Waals surface area (Å²) < 4.78 is 11.1. The average Bonchev–Trinajstić information content (AvgIpc) is 2.98. The highest BCUT2D eigenvalue weighted by Gasteiger charge is 2.15. The maximum absolute atomic E-state index is 11.7. The van der Waals surface area contributed by atoms with E-state index in [1.807, 2.05) is 45.0 Å². The number of benzene rings is 1. The van der Waals surface area contributed by atoms with Crippen LogP contribution < -0.4 is 15.4 Å². The van der Waals surface area contributed by atoms with Gasteiger partial charge in [-0.05, 0) is 51.3 Å². The van der Waals surface area contributed by atoms with E-state index >= 15 is 0 Å². The van der Waals surface area contributed by atoms with Crippen molar-refractivity contribution in [3.8, 4) is 5.75 Å². The quantitative estimate of drug-likeness (QED) is 0.809. The highest BCUT2D eigenvalue weighted by Crippen LogP contribution is 2.13. The minimum absolute atomic E-state index is 0.0356. The molecule has 0 radical (unpaired) electrons. The Bertz CT molecular complexity index is 488. The van der Waals surface area contributed by atoms with E-state index in [9.17, 15) is 4.79 Å². The largest absolute Gasteiger partial charge is 0.484 e. The van der Waals surface area contributed by atoms with Gasteiger partial charge in [-0.25, -0.2) is 0 Å². The number of carbonyl (C=O) groups excluding carboxylic acids is 1. The lowest BCUT2D eigenvalue weighted by molar-refractivity contribution is -0.124. The van der Waals surface area contributed by atoms with E-state index in [1.54, 1.807) is 0 Å². The predicted octanol–water partition coefficient (Wildman–Crippen LogP) is 2.25. The van der Waals surface area contributed by atoms with Crippen LogP contribution >= 0.6 is 0 Å². The number of nitrogens with one attached hydrogen (secondary N) is 2. The van der Waals surface area contributed by atoms with Gasteiger partial charge in [-0.15, -0.1) is 0 Å². The molecule has 1 fully saturated rings. The summed E-state index contributed by atoms with van der Waals surface area (Å²) >= 11 is 0. The number of carbonyl (C=O) groups is 1. The maximum Gasteiger partial charge on any atom is 0.258 e. The van der Waals surface area contributed by atoms with Crippen molar-refractivity contribution in [3.05, 3.63) is 29.8 Å².